The Hall–Kier alpha value is -2.14. The zero-order chi connectivity index (χ0) is 15.5. The molecule has 110 valence electrons. The van der Waals surface area contributed by atoms with E-state index >= 15 is 0 Å². The largest absolute Gasteiger partial charge is 0.295 e. The molecule has 2 aromatic rings. The number of hydrogen-bond donors (Lipinski definition) is 1. The highest BCUT2D eigenvalue weighted by Crippen LogP contribution is 2.18. The molecule has 0 aromatic heterocycles. The Morgan fingerprint density at radius 3 is 2.33 bits per heavy atom. The van der Waals surface area contributed by atoms with Gasteiger partial charge in [-0.15, -0.1) is 0 Å². The molecule has 0 aliphatic heterocycles. The van der Waals surface area contributed by atoms with Crippen LogP contribution in [0.25, 0.3) is 0 Å². The number of nitrogens with one attached hydrogen (secondary N) is 1. The van der Waals surface area contributed by atoms with Gasteiger partial charge in [-0.2, -0.15) is 0 Å². The summed E-state index contributed by atoms with van der Waals surface area (Å²) < 4.78 is 27.1. The highest BCUT2D eigenvalue weighted by molar-refractivity contribution is 7.92. The van der Waals surface area contributed by atoms with Gasteiger partial charge >= 0.3 is 0 Å². The zero-order valence-electron chi connectivity index (χ0n) is 12.0. The molecule has 0 bridgehead atoms. The molecule has 0 saturated heterocycles. The molecule has 2 rings (SSSR count). The van der Waals surface area contributed by atoms with E-state index in [9.17, 15) is 13.2 Å². The van der Waals surface area contributed by atoms with Gasteiger partial charge in [0, 0.05) is 11.3 Å². The summed E-state index contributed by atoms with van der Waals surface area (Å²) in [5.74, 6) is -0.167. The molecule has 0 heterocycles. The average Bonchev–Trinajstić information content (AvgIpc) is 2.48. The number of anilines is 1. The Morgan fingerprint density at radius 1 is 1.10 bits per heavy atom. The van der Waals surface area contributed by atoms with Crippen LogP contribution in [-0.2, 0) is 16.4 Å². The summed E-state index contributed by atoms with van der Waals surface area (Å²) in [7, 11) is -3.69. The molecular formula is C16H17NO3S. The van der Waals surface area contributed by atoms with E-state index in [-0.39, 0.29) is 10.7 Å². The van der Waals surface area contributed by atoms with Crippen LogP contribution in [0.2, 0.25) is 0 Å². The molecule has 1 N–H and O–H groups in total. The number of benzene rings is 2. The molecule has 0 aliphatic carbocycles. The monoisotopic (exact) mass is 303 g/mol. The van der Waals surface area contributed by atoms with E-state index in [1.807, 2.05) is 19.1 Å². The molecule has 0 radical (unpaired) electrons. The van der Waals surface area contributed by atoms with E-state index in [2.05, 4.69) is 4.72 Å². The van der Waals surface area contributed by atoms with Crippen molar-refractivity contribution in [2.24, 2.45) is 0 Å². The molecule has 0 unspecified atom stereocenters. The number of ketones is 1. The maximum atomic E-state index is 12.3. The smallest absolute Gasteiger partial charge is 0.261 e. The number of aryl methyl sites for hydroxylation is 1. The molecule has 5 heteroatoms. The van der Waals surface area contributed by atoms with Gasteiger partial charge in [0.1, 0.15) is 0 Å². The highest BCUT2D eigenvalue weighted by atomic mass is 32.2. The Balaban J connectivity index is 2.29. The Bertz CT molecular complexity index is 749. The molecule has 0 fully saturated rings. The fourth-order valence-electron chi connectivity index (χ4n) is 1.90. The molecule has 0 aliphatic rings. The summed E-state index contributed by atoms with van der Waals surface area (Å²) in [6.07, 6.45) is 0.897. The van der Waals surface area contributed by atoms with Crippen LogP contribution < -0.4 is 4.72 Å². The van der Waals surface area contributed by atoms with Crippen LogP contribution in [0.4, 0.5) is 5.69 Å². The lowest BCUT2D eigenvalue weighted by atomic mass is 10.2. The quantitative estimate of drug-likeness (QED) is 0.862. The molecule has 0 saturated carbocycles. The summed E-state index contributed by atoms with van der Waals surface area (Å²) in [5.41, 5.74) is 2.01. The fraction of sp³-hybridized carbons (Fsp3) is 0.188. The first-order valence-corrected chi connectivity index (χ1v) is 8.13. The second kappa shape index (κ2) is 6.10. The summed E-state index contributed by atoms with van der Waals surface area (Å²) >= 11 is 0. The van der Waals surface area contributed by atoms with Gasteiger partial charge in [-0.3, -0.25) is 9.52 Å². The first-order chi connectivity index (χ1) is 9.92. The second-order valence-electron chi connectivity index (χ2n) is 4.74. The van der Waals surface area contributed by atoms with Crippen molar-refractivity contribution in [3.8, 4) is 0 Å². The van der Waals surface area contributed by atoms with Crippen molar-refractivity contribution in [3.63, 3.8) is 0 Å². The molecule has 21 heavy (non-hydrogen) atoms. The molecule has 0 atom stereocenters. The molecule has 0 spiro atoms. The van der Waals surface area contributed by atoms with Crippen molar-refractivity contribution >= 4 is 21.5 Å². The first kappa shape index (κ1) is 15.3. The normalized spacial score (nSPS) is 11.1. The lowest BCUT2D eigenvalue weighted by molar-refractivity contribution is 0.101. The standard InChI is InChI=1S/C16H17NO3S/c1-3-13-7-9-15(10-8-13)17-21(19,20)16-6-4-5-14(11-16)12(2)18/h4-11,17H,3H2,1-2H3. The topological polar surface area (TPSA) is 63.2 Å². The minimum absolute atomic E-state index is 0.0785. The van der Waals surface area contributed by atoms with Crippen LogP contribution in [0.5, 0.6) is 0 Å². The zero-order valence-corrected chi connectivity index (χ0v) is 12.8. The van der Waals surface area contributed by atoms with Gasteiger partial charge in [-0.25, -0.2) is 8.42 Å². The van der Waals surface area contributed by atoms with Crippen molar-refractivity contribution < 1.29 is 13.2 Å². The lowest BCUT2D eigenvalue weighted by Crippen LogP contribution is -2.13. The van der Waals surface area contributed by atoms with Gasteiger partial charge in [-0.1, -0.05) is 31.2 Å². The van der Waals surface area contributed by atoms with Crippen LogP contribution in [0.3, 0.4) is 0 Å². The van der Waals surface area contributed by atoms with Crippen molar-refractivity contribution in [3.05, 3.63) is 59.7 Å². The number of hydrogen-bond acceptors (Lipinski definition) is 3. The van der Waals surface area contributed by atoms with Crippen molar-refractivity contribution in [1.29, 1.82) is 0 Å². The molecular weight excluding hydrogens is 286 g/mol. The minimum Gasteiger partial charge on any atom is -0.295 e. The van der Waals surface area contributed by atoms with Gasteiger partial charge in [0.15, 0.2) is 5.78 Å². The fourth-order valence-corrected chi connectivity index (χ4v) is 3.01. The maximum absolute atomic E-state index is 12.3. The van der Waals surface area contributed by atoms with E-state index in [4.69, 9.17) is 0 Å². The highest BCUT2D eigenvalue weighted by Gasteiger charge is 2.15. The summed E-state index contributed by atoms with van der Waals surface area (Å²) in [6, 6.07) is 13.2. The van der Waals surface area contributed by atoms with Gasteiger partial charge in [0.2, 0.25) is 0 Å². The summed E-state index contributed by atoms with van der Waals surface area (Å²) in [5, 5.41) is 0. The van der Waals surface area contributed by atoms with Crippen LogP contribution in [0.1, 0.15) is 29.8 Å². The van der Waals surface area contributed by atoms with E-state index in [0.29, 0.717) is 11.3 Å². The van der Waals surface area contributed by atoms with E-state index in [0.717, 1.165) is 12.0 Å². The predicted octanol–water partition coefficient (Wildman–Crippen LogP) is 3.25. The Labute approximate surface area is 124 Å². The van der Waals surface area contributed by atoms with Gasteiger partial charge < -0.3 is 0 Å². The van der Waals surface area contributed by atoms with Gasteiger partial charge in [0.25, 0.3) is 10.0 Å². The number of carbonyl (C=O) groups excluding carboxylic acids is 1. The van der Waals surface area contributed by atoms with Gasteiger partial charge in [-0.05, 0) is 43.2 Å². The minimum atomic E-state index is -3.69. The third-order valence-corrected chi connectivity index (χ3v) is 4.54. The molecule has 4 nitrogen and oxygen atoms in total. The van der Waals surface area contributed by atoms with E-state index < -0.39 is 10.0 Å². The third kappa shape index (κ3) is 3.70. The van der Waals surface area contributed by atoms with Gasteiger partial charge in [0.05, 0.1) is 4.90 Å². The number of sulfonamides is 1. The Kier molecular flexibility index (Phi) is 4.43. The van der Waals surface area contributed by atoms with Crippen LogP contribution >= 0.6 is 0 Å². The number of Topliss-reactive ketones (excluding diaryl/α,β-unsaturated/α-hetero) is 1. The first-order valence-electron chi connectivity index (χ1n) is 6.65. The SMILES string of the molecule is CCc1ccc(NS(=O)(=O)c2cccc(C(C)=O)c2)cc1. The summed E-state index contributed by atoms with van der Waals surface area (Å²) in [6.45, 7) is 3.44. The summed E-state index contributed by atoms with van der Waals surface area (Å²) in [4.78, 5) is 11.4. The second-order valence-corrected chi connectivity index (χ2v) is 6.42. The van der Waals surface area contributed by atoms with E-state index in [1.54, 1.807) is 24.3 Å². The maximum Gasteiger partial charge on any atom is 0.261 e. The van der Waals surface area contributed by atoms with Crippen molar-refractivity contribution in [1.82, 2.24) is 0 Å². The Morgan fingerprint density at radius 2 is 1.76 bits per heavy atom. The molecule has 2 aromatic carbocycles. The van der Waals surface area contributed by atoms with Crippen LogP contribution in [0, 0.1) is 0 Å². The third-order valence-electron chi connectivity index (χ3n) is 3.17. The van der Waals surface area contributed by atoms with E-state index in [1.165, 1.54) is 19.1 Å². The molecule has 0 amide bonds. The average molecular weight is 303 g/mol. The van der Waals surface area contributed by atoms with Crippen LogP contribution in [0.15, 0.2) is 53.4 Å². The van der Waals surface area contributed by atoms with Crippen molar-refractivity contribution in [2.75, 3.05) is 4.72 Å². The van der Waals surface area contributed by atoms with Crippen LogP contribution in [-0.4, -0.2) is 14.2 Å². The lowest BCUT2D eigenvalue weighted by Gasteiger charge is -2.09. The predicted molar refractivity (Wildman–Crippen MR) is 83.1 cm³/mol. The van der Waals surface area contributed by atoms with Crippen molar-refractivity contribution in [2.45, 2.75) is 25.2 Å². The number of carbonyl (C=O) groups is 1. The number of rotatable bonds is 5.